The Morgan fingerprint density at radius 2 is 1.85 bits per heavy atom. The van der Waals surface area contributed by atoms with E-state index < -0.39 is 13.5 Å². The molecular formula is C24H33Cl2N3O2RuS. The number of esters is 1. The molecule has 1 saturated heterocycles. The Hall–Kier alpha value is -1.11. The molecule has 1 fully saturated rings. The first-order valence-corrected chi connectivity index (χ1v) is 17.0. The first kappa shape index (κ1) is 28.1. The van der Waals surface area contributed by atoms with E-state index in [1.807, 2.05) is 40.8 Å². The molecule has 2 aromatic carbocycles. The Labute approximate surface area is 215 Å². The summed E-state index contributed by atoms with van der Waals surface area (Å²) in [6, 6.07) is 12.3. The Morgan fingerprint density at radius 1 is 1.21 bits per heavy atom. The zero-order chi connectivity index (χ0) is 24.5. The smallest absolute Gasteiger partial charge is 0.0142 e. The fourth-order valence-electron chi connectivity index (χ4n) is 3.77. The number of likely N-dealkylation sites (N-methyl/N-ethyl adjacent to an activating group) is 1. The number of ether oxygens (including phenoxy) is 1. The summed E-state index contributed by atoms with van der Waals surface area (Å²) in [5.74, 6) is -0.0340. The summed E-state index contributed by atoms with van der Waals surface area (Å²) < 4.78 is 8.90. The van der Waals surface area contributed by atoms with E-state index in [4.69, 9.17) is 24.1 Å². The molecule has 0 unspecified atom stereocenters. The molecule has 5 nitrogen and oxygen atoms in total. The number of benzene rings is 2. The summed E-state index contributed by atoms with van der Waals surface area (Å²) in [7, 11) is 15.0. The van der Waals surface area contributed by atoms with E-state index in [-0.39, 0.29) is 5.97 Å². The van der Waals surface area contributed by atoms with E-state index in [2.05, 4.69) is 55.0 Å². The molecule has 3 rings (SSSR count). The van der Waals surface area contributed by atoms with Gasteiger partial charge in [0.25, 0.3) is 0 Å². The van der Waals surface area contributed by atoms with E-state index in [0.29, 0.717) is 6.54 Å². The molecule has 0 atom stereocenters. The van der Waals surface area contributed by atoms with Gasteiger partial charge in [-0.3, -0.25) is 0 Å². The largest absolute Gasteiger partial charge is 0.506 e. The normalized spacial score (nSPS) is 13.8. The van der Waals surface area contributed by atoms with Crippen molar-refractivity contribution in [3.8, 4) is 0 Å². The van der Waals surface area contributed by atoms with Gasteiger partial charge in [0.15, 0.2) is 0 Å². The molecule has 1 aliphatic heterocycles. The Bertz CT molecular complexity index is 963. The molecule has 33 heavy (non-hydrogen) atoms. The minimum atomic E-state index is -1.86. The van der Waals surface area contributed by atoms with Crippen LogP contribution in [0, 0.1) is 27.4 Å². The van der Waals surface area contributed by atoms with Crippen LogP contribution in [0.3, 0.4) is 0 Å². The fourth-order valence-corrected chi connectivity index (χ4v) is 6.06. The number of aryl methyl sites for hydroxylation is 3. The van der Waals surface area contributed by atoms with Crippen molar-refractivity contribution in [3.63, 3.8) is 0 Å². The van der Waals surface area contributed by atoms with Crippen LogP contribution >= 0.6 is 31.3 Å². The Kier molecular flexibility index (Phi) is 11.7. The van der Waals surface area contributed by atoms with E-state index in [1.165, 1.54) is 29.5 Å². The number of hydrogen-bond donors (Lipinski definition) is 0. The van der Waals surface area contributed by atoms with Gasteiger partial charge in [-0.05, 0) is 44.7 Å². The number of rotatable bonds is 6. The van der Waals surface area contributed by atoms with Crippen LogP contribution in [0.25, 0.3) is 0 Å². The molecule has 184 valence electrons. The van der Waals surface area contributed by atoms with Crippen molar-refractivity contribution in [2.24, 2.45) is 0 Å². The summed E-state index contributed by atoms with van der Waals surface area (Å²) in [6.07, 6.45) is 2.12. The quantitative estimate of drug-likeness (QED) is 0.145. The number of carbonyl (C=O) groups excluding carboxylic acids is 1. The van der Waals surface area contributed by atoms with Gasteiger partial charge in [-0.15, -0.1) is 11.9 Å². The molecule has 0 aromatic heterocycles. The second kappa shape index (κ2) is 13.7. The van der Waals surface area contributed by atoms with Crippen LogP contribution in [-0.4, -0.2) is 59.7 Å². The van der Waals surface area contributed by atoms with E-state index >= 15 is 0 Å². The molecule has 0 amide bonds. The maximum atomic E-state index is 9.36. The summed E-state index contributed by atoms with van der Waals surface area (Å²) in [4.78, 5) is 13.6. The predicted octanol–water partition coefficient (Wildman–Crippen LogP) is 5.48. The van der Waals surface area contributed by atoms with Gasteiger partial charge in [0.2, 0.25) is 0 Å². The summed E-state index contributed by atoms with van der Waals surface area (Å²) in [5, 5.41) is 0. The van der Waals surface area contributed by atoms with Crippen molar-refractivity contribution in [1.82, 2.24) is 4.31 Å². The first-order valence-electron chi connectivity index (χ1n) is 10.4. The van der Waals surface area contributed by atoms with Crippen molar-refractivity contribution in [2.75, 3.05) is 49.8 Å². The minimum absolute atomic E-state index is 0.0340. The molecule has 0 bridgehead atoms. The Balaban J connectivity index is 0.000000234. The fraction of sp³-hybridized carbons (Fsp3) is 0.375. The molecule has 0 radical (unpaired) electrons. The number of nitrogens with zero attached hydrogens (tertiary/aromatic N) is 3. The standard InChI is InChI=1S/C13H19N2S.C11H13NO2.2ClH.Ru/c1-10-7-11(2)13(12(3)8-10)14-5-6-15(9-14)16-4;1-9-6-4-5-7-10(9)12(2)8-11(13)14-3;;;/h7-9H,5-6H2,1-4H3;1,4-7H,8H2,2-3H3;2*1H;/q-1;;;;+2/p-1. The number of methoxy groups -OCH3 is 1. The molecule has 9 heteroatoms. The number of para-hydroxylation sites is 1. The summed E-state index contributed by atoms with van der Waals surface area (Å²) in [6.45, 7) is 11.3. The number of halogens is 2. The van der Waals surface area contributed by atoms with Gasteiger partial charge in [-0.1, -0.05) is 17.7 Å². The van der Waals surface area contributed by atoms with E-state index in [1.54, 1.807) is 11.9 Å². The molecule has 1 aliphatic rings. The van der Waals surface area contributed by atoms with Crippen LogP contribution in [-0.2, 0) is 18.3 Å². The van der Waals surface area contributed by atoms with Gasteiger partial charge in [0.05, 0.1) is 0 Å². The van der Waals surface area contributed by atoms with Crippen molar-refractivity contribution >= 4 is 53.3 Å². The second-order valence-corrected chi connectivity index (χ2v) is 14.3. The zero-order valence-corrected chi connectivity index (χ0v) is 24.0. The average molecular weight is 600 g/mol. The third kappa shape index (κ3) is 8.56. The van der Waals surface area contributed by atoms with Crippen LogP contribution in [0.15, 0.2) is 36.4 Å². The van der Waals surface area contributed by atoms with E-state index in [9.17, 15) is 4.79 Å². The maximum Gasteiger partial charge on any atom is 0.0142 e. The third-order valence-corrected chi connectivity index (χ3v) is 7.71. The molecule has 1 heterocycles. The second-order valence-electron chi connectivity index (χ2n) is 7.70. The molecule has 1 N–H and O–H groups in total. The molecule has 0 saturated carbocycles. The monoisotopic (exact) mass is 599 g/mol. The van der Waals surface area contributed by atoms with Crippen molar-refractivity contribution in [1.29, 1.82) is 0 Å². The molecule has 0 aliphatic carbocycles. The van der Waals surface area contributed by atoms with Gasteiger partial charge >= 0.3 is 114 Å². The topological polar surface area (TPSA) is 40.4 Å². The molecular weight excluding hydrogens is 566 g/mol. The van der Waals surface area contributed by atoms with Crippen molar-refractivity contribution < 1.29 is 23.0 Å². The summed E-state index contributed by atoms with van der Waals surface area (Å²) in [5.41, 5.74) is 7.40. The van der Waals surface area contributed by atoms with Crippen LogP contribution in [0.1, 0.15) is 22.3 Å². The number of anilines is 2. The van der Waals surface area contributed by atoms with Gasteiger partial charge in [0, 0.05) is 12.2 Å². The first-order chi connectivity index (χ1) is 15.7. The van der Waals surface area contributed by atoms with Crippen molar-refractivity contribution in [2.45, 2.75) is 20.8 Å². The van der Waals surface area contributed by atoms with Gasteiger partial charge in [-0.25, -0.2) is 0 Å². The average Bonchev–Trinajstić information content (AvgIpc) is 3.22. The van der Waals surface area contributed by atoms with E-state index in [0.717, 1.165) is 24.3 Å². The van der Waals surface area contributed by atoms with Crippen LogP contribution in [0.4, 0.5) is 11.4 Å². The number of hydrogen-bond acceptors (Lipinski definition) is 5. The maximum absolute atomic E-state index is 9.36. The third-order valence-electron chi connectivity index (χ3n) is 5.13. The van der Waals surface area contributed by atoms with Gasteiger partial charge < -0.3 is 9.21 Å². The van der Waals surface area contributed by atoms with Crippen LogP contribution in [0.5, 0.6) is 0 Å². The van der Waals surface area contributed by atoms with Crippen LogP contribution in [0.2, 0.25) is 0 Å². The van der Waals surface area contributed by atoms with Crippen molar-refractivity contribution in [3.05, 3.63) is 65.3 Å². The molecule has 2 aromatic rings. The molecule has 0 spiro atoms. The minimum Gasteiger partial charge on any atom is -0.506 e. The van der Waals surface area contributed by atoms with Gasteiger partial charge in [0.1, 0.15) is 0 Å². The summed E-state index contributed by atoms with van der Waals surface area (Å²) >= 11 is -0.0754. The zero-order valence-electron chi connectivity index (χ0n) is 20.0. The SMILES string of the molecule is COC(=[OH+])CN(C)c1ccccc1[CH]=[Ru]([Cl])[Cl].CSN1[CH-]N(c2c(C)cc(C)cc2C)CC1. The van der Waals surface area contributed by atoms with Crippen LogP contribution < -0.4 is 9.80 Å². The van der Waals surface area contributed by atoms with Gasteiger partial charge in [-0.2, -0.15) is 6.67 Å². The predicted molar refractivity (Wildman–Crippen MR) is 143 cm³/mol. The Morgan fingerprint density at radius 3 is 2.39 bits per heavy atom.